The normalized spacial score (nSPS) is 16.2. The van der Waals surface area contributed by atoms with Gasteiger partial charge >= 0.3 is 0 Å². The predicted molar refractivity (Wildman–Crippen MR) is 98.8 cm³/mol. The van der Waals surface area contributed by atoms with Crippen molar-refractivity contribution in [2.75, 3.05) is 18.5 Å². The molecule has 0 fully saturated rings. The molecule has 1 aliphatic rings. The van der Waals surface area contributed by atoms with Crippen molar-refractivity contribution in [3.8, 4) is 11.5 Å². The number of rotatable bonds is 5. The van der Waals surface area contributed by atoms with Gasteiger partial charge in [-0.1, -0.05) is 12.1 Å². The Morgan fingerprint density at radius 2 is 1.85 bits per heavy atom. The number of imide groups is 1. The molecular formula is C20H20N2O5. The van der Waals surface area contributed by atoms with Crippen molar-refractivity contribution in [1.29, 1.82) is 0 Å². The Balaban J connectivity index is 1.74. The molecule has 1 atom stereocenters. The van der Waals surface area contributed by atoms with Gasteiger partial charge in [-0.25, -0.2) is 0 Å². The molecule has 7 heteroatoms. The maximum absolute atomic E-state index is 12.7. The molecule has 1 heterocycles. The van der Waals surface area contributed by atoms with Gasteiger partial charge in [0.2, 0.25) is 5.91 Å². The summed E-state index contributed by atoms with van der Waals surface area (Å²) in [5.41, 5.74) is 0.798. The number of anilines is 1. The van der Waals surface area contributed by atoms with E-state index in [-0.39, 0.29) is 5.56 Å². The molecule has 0 spiro atoms. The van der Waals surface area contributed by atoms with Crippen LogP contribution in [0.2, 0.25) is 0 Å². The number of carbonyl (C=O) groups is 3. The summed E-state index contributed by atoms with van der Waals surface area (Å²) in [6, 6.07) is 13.4. The molecule has 1 aliphatic heterocycles. The standard InChI is InChI=1S/C20H20N2O5/c1-3-26-15-10-8-14(9-11-15)21-18(23)12-22-19(24)13(2)27-17-7-5-4-6-16(17)20(22)25/h4-11,13H,3,12H2,1-2H3,(H,21,23)/t13-/m1/s1. The Morgan fingerprint density at radius 3 is 2.56 bits per heavy atom. The summed E-state index contributed by atoms with van der Waals surface area (Å²) in [5.74, 6) is -0.569. The number of para-hydroxylation sites is 1. The summed E-state index contributed by atoms with van der Waals surface area (Å²) in [4.78, 5) is 38.5. The van der Waals surface area contributed by atoms with Crippen molar-refractivity contribution in [2.24, 2.45) is 0 Å². The van der Waals surface area contributed by atoms with Crippen molar-refractivity contribution in [2.45, 2.75) is 20.0 Å². The van der Waals surface area contributed by atoms with Crippen LogP contribution in [-0.4, -0.2) is 41.9 Å². The number of hydrogen-bond donors (Lipinski definition) is 1. The van der Waals surface area contributed by atoms with Gasteiger partial charge in [0.15, 0.2) is 6.10 Å². The van der Waals surface area contributed by atoms with Crippen LogP contribution < -0.4 is 14.8 Å². The second-order valence-electron chi connectivity index (χ2n) is 5.99. The largest absolute Gasteiger partial charge is 0.494 e. The molecule has 3 rings (SSSR count). The highest BCUT2D eigenvalue weighted by Gasteiger charge is 2.35. The summed E-state index contributed by atoms with van der Waals surface area (Å²) >= 11 is 0. The van der Waals surface area contributed by atoms with E-state index in [1.54, 1.807) is 55.5 Å². The SMILES string of the molecule is CCOc1ccc(NC(=O)CN2C(=O)c3ccccc3O[C@H](C)C2=O)cc1. The number of ether oxygens (including phenoxy) is 2. The molecule has 2 aromatic rings. The number of hydrogen-bond acceptors (Lipinski definition) is 5. The van der Waals surface area contributed by atoms with Gasteiger partial charge in [0.25, 0.3) is 11.8 Å². The van der Waals surface area contributed by atoms with E-state index in [1.165, 1.54) is 0 Å². The lowest BCUT2D eigenvalue weighted by atomic mass is 10.2. The molecule has 0 radical (unpaired) electrons. The molecule has 2 aromatic carbocycles. The first kappa shape index (κ1) is 18.4. The first-order valence-corrected chi connectivity index (χ1v) is 8.63. The van der Waals surface area contributed by atoms with E-state index in [1.807, 2.05) is 6.92 Å². The fourth-order valence-corrected chi connectivity index (χ4v) is 2.75. The minimum atomic E-state index is -0.865. The van der Waals surface area contributed by atoms with Gasteiger partial charge in [-0.05, 0) is 50.2 Å². The molecule has 3 amide bonds. The Hall–Kier alpha value is -3.35. The van der Waals surface area contributed by atoms with Crippen molar-refractivity contribution < 1.29 is 23.9 Å². The smallest absolute Gasteiger partial charge is 0.270 e. The third kappa shape index (κ3) is 4.08. The van der Waals surface area contributed by atoms with E-state index in [2.05, 4.69) is 5.32 Å². The summed E-state index contributed by atoms with van der Waals surface area (Å²) < 4.78 is 10.9. The summed E-state index contributed by atoms with van der Waals surface area (Å²) in [7, 11) is 0. The van der Waals surface area contributed by atoms with Gasteiger partial charge in [-0.2, -0.15) is 0 Å². The van der Waals surface area contributed by atoms with Crippen LogP contribution in [0.25, 0.3) is 0 Å². The van der Waals surface area contributed by atoms with E-state index >= 15 is 0 Å². The summed E-state index contributed by atoms with van der Waals surface area (Å²) in [5, 5.41) is 2.68. The number of nitrogens with one attached hydrogen (secondary N) is 1. The minimum Gasteiger partial charge on any atom is -0.494 e. The number of carbonyl (C=O) groups excluding carboxylic acids is 3. The maximum Gasteiger partial charge on any atom is 0.270 e. The zero-order chi connectivity index (χ0) is 19.4. The number of nitrogens with zero attached hydrogens (tertiary/aromatic N) is 1. The maximum atomic E-state index is 12.7. The first-order valence-electron chi connectivity index (χ1n) is 8.63. The van der Waals surface area contributed by atoms with E-state index in [9.17, 15) is 14.4 Å². The van der Waals surface area contributed by atoms with E-state index in [0.717, 1.165) is 4.90 Å². The zero-order valence-corrected chi connectivity index (χ0v) is 15.1. The van der Waals surface area contributed by atoms with Gasteiger partial charge in [0, 0.05) is 5.69 Å². The highest BCUT2D eigenvalue weighted by Crippen LogP contribution is 2.25. The first-order chi connectivity index (χ1) is 13.0. The van der Waals surface area contributed by atoms with Crippen molar-refractivity contribution in [3.63, 3.8) is 0 Å². The average Bonchev–Trinajstić information content (AvgIpc) is 2.74. The predicted octanol–water partition coefficient (Wildman–Crippen LogP) is 2.47. The van der Waals surface area contributed by atoms with Crippen LogP contribution in [0.1, 0.15) is 24.2 Å². The van der Waals surface area contributed by atoms with E-state index in [4.69, 9.17) is 9.47 Å². The van der Waals surface area contributed by atoms with Crippen LogP contribution >= 0.6 is 0 Å². The zero-order valence-electron chi connectivity index (χ0n) is 15.1. The lowest BCUT2D eigenvalue weighted by molar-refractivity contribution is -0.137. The van der Waals surface area contributed by atoms with E-state index < -0.39 is 30.4 Å². The number of benzene rings is 2. The Labute approximate surface area is 156 Å². The van der Waals surface area contributed by atoms with Gasteiger partial charge in [0.1, 0.15) is 18.0 Å². The fourth-order valence-electron chi connectivity index (χ4n) is 2.75. The van der Waals surface area contributed by atoms with Crippen molar-refractivity contribution >= 4 is 23.4 Å². The summed E-state index contributed by atoms with van der Waals surface area (Å²) in [6.07, 6.45) is -0.865. The quantitative estimate of drug-likeness (QED) is 0.820. The van der Waals surface area contributed by atoms with Crippen LogP contribution in [0.3, 0.4) is 0 Å². The van der Waals surface area contributed by atoms with Gasteiger partial charge in [0.05, 0.1) is 12.2 Å². The Bertz CT molecular complexity index is 863. The molecule has 0 saturated carbocycles. The number of fused-ring (bicyclic) bond motifs is 1. The molecule has 0 aromatic heterocycles. The molecule has 0 aliphatic carbocycles. The molecule has 27 heavy (non-hydrogen) atoms. The number of amides is 3. The Morgan fingerprint density at radius 1 is 1.15 bits per heavy atom. The molecule has 0 unspecified atom stereocenters. The highest BCUT2D eigenvalue weighted by atomic mass is 16.5. The lowest BCUT2D eigenvalue weighted by Crippen LogP contribution is -2.45. The lowest BCUT2D eigenvalue weighted by Gasteiger charge is -2.20. The van der Waals surface area contributed by atoms with Crippen LogP contribution in [0.5, 0.6) is 11.5 Å². The Kier molecular flexibility index (Phi) is 5.40. The third-order valence-corrected chi connectivity index (χ3v) is 4.03. The minimum absolute atomic E-state index is 0.254. The molecule has 0 bridgehead atoms. The van der Waals surface area contributed by atoms with E-state index in [0.29, 0.717) is 23.8 Å². The van der Waals surface area contributed by atoms with Crippen molar-refractivity contribution in [1.82, 2.24) is 4.90 Å². The van der Waals surface area contributed by atoms with Crippen molar-refractivity contribution in [3.05, 3.63) is 54.1 Å². The molecule has 1 N–H and O–H groups in total. The van der Waals surface area contributed by atoms with Crippen LogP contribution in [0.4, 0.5) is 5.69 Å². The highest BCUT2D eigenvalue weighted by molar-refractivity contribution is 6.11. The molecular weight excluding hydrogens is 348 g/mol. The average molecular weight is 368 g/mol. The second-order valence-corrected chi connectivity index (χ2v) is 5.99. The van der Waals surface area contributed by atoms with Crippen LogP contribution in [0, 0.1) is 0 Å². The molecule has 140 valence electrons. The molecule has 7 nitrogen and oxygen atoms in total. The monoisotopic (exact) mass is 368 g/mol. The third-order valence-electron chi connectivity index (χ3n) is 4.03. The van der Waals surface area contributed by atoms with Gasteiger partial charge < -0.3 is 14.8 Å². The van der Waals surface area contributed by atoms with Crippen LogP contribution in [-0.2, 0) is 9.59 Å². The van der Waals surface area contributed by atoms with Gasteiger partial charge in [-0.3, -0.25) is 19.3 Å². The van der Waals surface area contributed by atoms with Gasteiger partial charge in [-0.15, -0.1) is 0 Å². The summed E-state index contributed by atoms with van der Waals surface area (Å²) in [6.45, 7) is 3.59. The van der Waals surface area contributed by atoms with Crippen LogP contribution in [0.15, 0.2) is 48.5 Å². The molecule has 0 saturated heterocycles. The second kappa shape index (κ2) is 7.90. The fraction of sp³-hybridized carbons (Fsp3) is 0.250. The topological polar surface area (TPSA) is 84.9 Å².